The minimum Gasteiger partial charge on any atom is -0.493 e. The minimum atomic E-state index is 0.333. The quantitative estimate of drug-likeness (QED) is 0.615. The molecule has 5 heteroatoms. The van der Waals surface area contributed by atoms with Gasteiger partial charge in [-0.05, 0) is 36.1 Å². The Morgan fingerprint density at radius 1 is 1.53 bits per heavy atom. The van der Waals surface area contributed by atoms with Gasteiger partial charge in [-0.25, -0.2) is 0 Å². The molecule has 2 N–H and O–H groups in total. The zero-order chi connectivity index (χ0) is 12.7. The Kier molecular flexibility index (Phi) is 6.70. The van der Waals surface area contributed by atoms with E-state index in [9.17, 15) is 0 Å². The third kappa shape index (κ3) is 5.15. The minimum absolute atomic E-state index is 0.333. The number of thioether (sulfide) groups is 1. The van der Waals surface area contributed by atoms with Crippen molar-refractivity contribution in [1.82, 2.24) is 0 Å². The molecule has 0 aliphatic rings. The van der Waals surface area contributed by atoms with E-state index in [2.05, 4.69) is 6.92 Å². The molecule has 0 fully saturated rings. The Bertz CT molecular complexity index is 385. The average molecular weight is 290 g/mol. The molecule has 1 aromatic rings. The third-order valence-electron chi connectivity index (χ3n) is 2.10. The molecule has 2 nitrogen and oxygen atoms in total. The zero-order valence-corrected chi connectivity index (χ0v) is 12.1. The molecule has 0 amide bonds. The van der Waals surface area contributed by atoms with E-state index in [1.165, 1.54) is 0 Å². The monoisotopic (exact) mass is 289 g/mol. The van der Waals surface area contributed by atoms with Gasteiger partial charge in [0.05, 0.1) is 12.2 Å². The SMILES string of the molecule is CCSCCCOc1cc(Cl)ccc1C(N)=S. The summed E-state index contributed by atoms with van der Waals surface area (Å²) < 4.78 is 5.66. The van der Waals surface area contributed by atoms with Crippen LogP contribution in [0.1, 0.15) is 18.9 Å². The topological polar surface area (TPSA) is 35.2 Å². The zero-order valence-electron chi connectivity index (χ0n) is 9.74. The van der Waals surface area contributed by atoms with Crippen LogP contribution in [-0.4, -0.2) is 23.1 Å². The van der Waals surface area contributed by atoms with Gasteiger partial charge in [0, 0.05) is 5.02 Å². The number of rotatable bonds is 7. The van der Waals surface area contributed by atoms with Crippen LogP contribution in [-0.2, 0) is 0 Å². The summed E-state index contributed by atoms with van der Waals surface area (Å²) >= 11 is 12.8. The van der Waals surface area contributed by atoms with Crippen molar-refractivity contribution in [3.05, 3.63) is 28.8 Å². The fraction of sp³-hybridized carbons (Fsp3) is 0.417. The van der Waals surface area contributed by atoms with Crippen molar-refractivity contribution in [2.24, 2.45) is 5.73 Å². The van der Waals surface area contributed by atoms with Gasteiger partial charge >= 0.3 is 0 Å². The Morgan fingerprint density at radius 3 is 2.94 bits per heavy atom. The van der Waals surface area contributed by atoms with Gasteiger partial charge in [0.15, 0.2) is 0 Å². The fourth-order valence-electron chi connectivity index (χ4n) is 1.31. The van der Waals surface area contributed by atoms with Crippen LogP contribution >= 0.6 is 35.6 Å². The lowest BCUT2D eigenvalue weighted by molar-refractivity contribution is 0.318. The summed E-state index contributed by atoms with van der Waals surface area (Å²) in [4.78, 5) is 0.333. The van der Waals surface area contributed by atoms with Crippen molar-refractivity contribution in [3.8, 4) is 5.75 Å². The predicted octanol–water partition coefficient (Wildman–Crippen LogP) is 3.50. The third-order valence-corrected chi connectivity index (χ3v) is 3.54. The molecule has 0 atom stereocenters. The first-order valence-electron chi connectivity index (χ1n) is 5.45. The highest BCUT2D eigenvalue weighted by molar-refractivity contribution is 7.99. The summed E-state index contributed by atoms with van der Waals surface area (Å²) in [6.07, 6.45) is 1.00. The molecule has 0 aliphatic carbocycles. The summed E-state index contributed by atoms with van der Waals surface area (Å²) in [6, 6.07) is 5.31. The molecular formula is C12H16ClNOS2. The van der Waals surface area contributed by atoms with Crippen molar-refractivity contribution in [2.45, 2.75) is 13.3 Å². The molecule has 0 heterocycles. The molecule has 0 spiro atoms. The largest absolute Gasteiger partial charge is 0.493 e. The van der Waals surface area contributed by atoms with Crippen molar-refractivity contribution in [1.29, 1.82) is 0 Å². The van der Waals surface area contributed by atoms with E-state index >= 15 is 0 Å². The molecule has 94 valence electrons. The lowest BCUT2D eigenvalue weighted by atomic mass is 10.2. The van der Waals surface area contributed by atoms with E-state index < -0.39 is 0 Å². The number of ether oxygens (including phenoxy) is 1. The van der Waals surface area contributed by atoms with Gasteiger partial charge in [-0.15, -0.1) is 0 Å². The van der Waals surface area contributed by atoms with Gasteiger partial charge in [-0.3, -0.25) is 0 Å². The van der Waals surface area contributed by atoms with Crippen LogP contribution in [0.4, 0.5) is 0 Å². The van der Waals surface area contributed by atoms with Crippen LogP contribution in [0.5, 0.6) is 5.75 Å². The molecule has 0 radical (unpaired) electrons. The Hall–Kier alpha value is -0.450. The number of halogens is 1. The summed E-state index contributed by atoms with van der Waals surface area (Å²) in [7, 11) is 0. The molecule has 1 rings (SSSR count). The predicted molar refractivity (Wildman–Crippen MR) is 80.5 cm³/mol. The first kappa shape index (κ1) is 14.6. The van der Waals surface area contributed by atoms with Crippen LogP contribution in [0.2, 0.25) is 5.02 Å². The highest BCUT2D eigenvalue weighted by Crippen LogP contribution is 2.23. The van der Waals surface area contributed by atoms with E-state index in [0.29, 0.717) is 22.4 Å². The second-order valence-corrected chi connectivity index (χ2v) is 5.67. The van der Waals surface area contributed by atoms with Crippen LogP contribution in [0, 0.1) is 0 Å². The van der Waals surface area contributed by atoms with Crippen LogP contribution in [0.15, 0.2) is 18.2 Å². The van der Waals surface area contributed by atoms with Crippen LogP contribution in [0.3, 0.4) is 0 Å². The van der Waals surface area contributed by atoms with Gasteiger partial charge in [-0.2, -0.15) is 11.8 Å². The summed E-state index contributed by atoms with van der Waals surface area (Å²) in [6.45, 7) is 2.80. The number of thiocarbonyl (C=S) groups is 1. The summed E-state index contributed by atoms with van der Waals surface area (Å²) in [5.74, 6) is 2.90. The van der Waals surface area contributed by atoms with E-state index in [4.69, 9.17) is 34.3 Å². The average Bonchev–Trinajstić information content (AvgIpc) is 2.28. The molecule has 0 saturated carbocycles. The maximum Gasteiger partial charge on any atom is 0.130 e. The van der Waals surface area contributed by atoms with Crippen molar-refractivity contribution in [2.75, 3.05) is 18.1 Å². The van der Waals surface area contributed by atoms with E-state index in [1.807, 2.05) is 11.8 Å². The number of benzene rings is 1. The van der Waals surface area contributed by atoms with Gasteiger partial charge in [0.1, 0.15) is 10.7 Å². The van der Waals surface area contributed by atoms with Crippen molar-refractivity contribution < 1.29 is 4.74 Å². The molecule has 0 aromatic heterocycles. The lowest BCUT2D eigenvalue weighted by Crippen LogP contribution is -2.12. The van der Waals surface area contributed by atoms with E-state index in [1.54, 1.807) is 18.2 Å². The second-order valence-electron chi connectivity index (χ2n) is 3.40. The molecule has 0 unspecified atom stereocenters. The Balaban J connectivity index is 2.56. The molecule has 17 heavy (non-hydrogen) atoms. The fourth-order valence-corrected chi connectivity index (χ4v) is 2.25. The highest BCUT2D eigenvalue weighted by Gasteiger charge is 2.07. The molecular weight excluding hydrogens is 274 g/mol. The molecule has 0 saturated heterocycles. The van der Waals surface area contributed by atoms with Gasteiger partial charge < -0.3 is 10.5 Å². The van der Waals surface area contributed by atoms with Crippen LogP contribution in [0.25, 0.3) is 0 Å². The Morgan fingerprint density at radius 2 is 2.29 bits per heavy atom. The molecule has 0 aliphatic heterocycles. The van der Waals surface area contributed by atoms with Gasteiger partial charge in [0.2, 0.25) is 0 Å². The number of hydrogen-bond acceptors (Lipinski definition) is 3. The smallest absolute Gasteiger partial charge is 0.130 e. The number of hydrogen-bond donors (Lipinski definition) is 1. The summed E-state index contributed by atoms with van der Waals surface area (Å²) in [5, 5.41) is 0.628. The Labute approximate surface area is 117 Å². The first-order valence-corrected chi connectivity index (χ1v) is 7.39. The number of nitrogens with two attached hydrogens (primary N) is 1. The van der Waals surface area contributed by atoms with Crippen molar-refractivity contribution >= 4 is 40.6 Å². The normalized spacial score (nSPS) is 10.2. The maximum atomic E-state index is 5.92. The molecule has 1 aromatic carbocycles. The van der Waals surface area contributed by atoms with Crippen LogP contribution < -0.4 is 10.5 Å². The van der Waals surface area contributed by atoms with Gasteiger partial charge in [-0.1, -0.05) is 30.7 Å². The standard InChI is InChI=1S/C12H16ClNOS2/c1-2-17-7-3-6-15-11-8-9(13)4-5-10(11)12(14)16/h4-5,8H,2-3,6-7H2,1H3,(H2,14,16). The first-order chi connectivity index (χ1) is 8.15. The molecule has 0 bridgehead atoms. The van der Waals surface area contributed by atoms with Gasteiger partial charge in [0.25, 0.3) is 0 Å². The summed E-state index contributed by atoms with van der Waals surface area (Å²) in [5.41, 5.74) is 6.36. The highest BCUT2D eigenvalue weighted by atomic mass is 35.5. The van der Waals surface area contributed by atoms with E-state index in [0.717, 1.165) is 23.5 Å². The van der Waals surface area contributed by atoms with E-state index in [-0.39, 0.29) is 0 Å². The van der Waals surface area contributed by atoms with Crippen molar-refractivity contribution in [3.63, 3.8) is 0 Å². The lowest BCUT2D eigenvalue weighted by Gasteiger charge is -2.10. The second kappa shape index (κ2) is 7.80. The maximum absolute atomic E-state index is 5.92.